The van der Waals surface area contributed by atoms with E-state index in [1.54, 1.807) is 4.68 Å². The largest absolute Gasteiger partial charge is 0.390 e. The third kappa shape index (κ3) is 1.46. The Morgan fingerprint density at radius 3 is 2.92 bits per heavy atom. The molecular weight excluding hydrogens is 156 g/mol. The summed E-state index contributed by atoms with van der Waals surface area (Å²) in [7, 11) is 1.85. The van der Waals surface area contributed by atoms with Gasteiger partial charge < -0.3 is 5.11 Å². The molecule has 0 bridgehead atoms. The van der Waals surface area contributed by atoms with Gasteiger partial charge in [-0.3, -0.25) is 9.58 Å². The van der Waals surface area contributed by atoms with E-state index in [9.17, 15) is 0 Å². The molecule has 1 N–H and O–H groups in total. The summed E-state index contributed by atoms with van der Waals surface area (Å²) in [4.78, 5) is 2.13. The number of aryl methyl sites for hydroxylation is 1. The van der Waals surface area contributed by atoms with Crippen molar-refractivity contribution in [1.29, 1.82) is 0 Å². The molecular formula is C7H12N4O. The normalized spacial score (nSPS) is 19.5. The van der Waals surface area contributed by atoms with Gasteiger partial charge in [0.05, 0.1) is 11.8 Å². The van der Waals surface area contributed by atoms with Crippen molar-refractivity contribution in [3.05, 3.63) is 11.9 Å². The molecule has 0 radical (unpaired) electrons. The van der Waals surface area contributed by atoms with Gasteiger partial charge >= 0.3 is 0 Å². The van der Waals surface area contributed by atoms with Gasteiger partial charge in [-0.25, -0.2) is 0 Å². The standard InChI is InChI=1S/C7H12N4O/c1-10-2-6(8-9-10)3-11-4-7(12)5-11/h2,7,12H,3-5H2,1H3. The second kappa shape index (κ2) is 2.84. The van der Waals surface area contributed by atoms with Crippen LogP contribution in [-0.4, -0.2) is 44.2 Å². The van der Waals surface area contributed by atoms with Crippen LogP contribution in [0.3, 0.4) is 0 Å². The zero-order valence-corrected chi connectivity index (χ0v) is 7.01. The fourth-order valence-corrected chi connectivity index (χ4v) is 1.37. The molecule has 0 amide bonds. The molecule has 5 nitrogen and oxygen atoms in total. The lowest BCUT2D eigenvalue weighted by atomic mass is 10.1. The van der Waals surface area contributed by atoms with E-state index in [0.717, 1.165) is 25.3 Å². The second-order valence-electron chi connectivity index (χ2n) is 3.23. The molecule has 0 aliphatic carbocycles. The molecule has 0 saturated carbocycles. The third-order valence-corrected chi connectivity index (χ3v) is 1.97. The number of aromatic nitrogens is 3. The number of rotatable bonds is 2. The van der Waals surface area contributed by atoms with E-state index < -0.39 is 0 Å². The quantitative estimate of drug-likeness (QED) is 0.615. The maximum absolute atomic E-state index is 9.02. The van der Waals surface area contributed by atoms with Crippen molar-refractivity contribution >= 4 is 0 Å². The van der Waals surface area contributed by atoms with E-state index >= 15 is 0 Å². The van der Waals surface area contributed by atoms with Crippen LogP contribution in [0.1, 0.15) is 5.69 Å². The van der Waals surface area contributed by atoms with Gasteiger partial charge in [-0.15, -0.1) is 5.10 Å². The average Bonchev–Trinajstić information content (AvgIpc) is 2.33. The number of aliphatic hydroxyl groups excluding tert-OH is 1. The first-order valence-corrected chi connectivity index (χ1v) is 3.99. The number of likely N-dealkylation sites (tertiary alicyclic amines) is 1. The lowest BCUT2D eigenvalue weighted by molar-refractivity contribution is -0.00355. The number of nitrogens with zero attached hydrogens (tertiary/aromatic N) is 4. The summed E-state index contributed by atoms with van der Waals surface area (Å²) in [6.07, 6.45) is 1.76. The first-order chi connectivity index (χ1) is 5.74. The topological polar surface area (TPSA) is 54.2 Å². The second-order valence-corrected chi connectivity index (χ2v) is 3.23. The van der Waals surface area contributed by atoms with Gasteiger partial charge in [0.2, 0.25) is 0 Å². The van der Waals surface area contributed by atoms with Gasteiger partial charge in [0.1, 0.15) is 0 Å². The molecule has 0 aromatic carbocycles. The number of β-amino-alcohol motifs (C(OH)–C–C–N with tert-alkyl or cyclic N) is 1. The molecule has 1 aliphatic heterocycles. The molecule has 1 aromatic heterocycles. The van der Waals surface area contributed by atoms with Gasteiger partial charge in [0, 0.05) is 32.9 Å². The minimum absolute atomic E-state index is 0.137. The minimum Gasteiger partial charge on any atom is -0.390 e. The summed E-state index contributed by atoms with van der Waals surface area (Å²) in [6, 6.07) is 0. The lowest BCUT2D eigenvalue weighted by Crippen LogP contribution is -2.49. The zero-order valence-electron chi connectivity index (χ0n) is 7.01. The SMILES string of the molecule is Cn1cc(CN2CC(O)C2)nn1. The Morgan fingerprint density at radius 1 is 1.67 bits per heavy atom. The van der Waals surface area contributed by atoms with Crippen molar-refractivity contribution in [1.82, 2.24) is 19.9 Å². The van der Waals surface area contributed by atoms with Crippen LogP contribution in [0.5, 0.6) is 0 Å². The summed E-state index contributed by atoms with van der Waals surface area (Å²) in [6.45, 7) is 2.32. The van der Waals surface area contributed by atoms with Crippen molar-refractivity contribution in [2.24, 2.45) is 7.05 Å². The Kier molecular flexibility index (Phi) is 1.82. The number of aliphatic hydroxyl groups is 1. The summed E-state index contributed by atoms with van der Waals surface area (Å²) in [5.74, 6) is 0. The highest BCUT2D eigenvalue weighted by molar-refractivity contribution is 4.94. The van der Waals surface area contributed by atoms with Crippen LogP contribution < -0.4 is 0 Å². The van der Waals surface area contributed by atoms with E-state index in [2.05, 4.69) is 15.2 Å². The van der Waals surface area contributed by atoms with Gasteiger partial charge in [-0.1, -0.05) is 5.21 Å². The van der Waals surface area contributed by atoms with Crippen LogP contribution in [-0.2, 0) is 13.6 Å². The molecule has 0 spiro atoms. The van der Waals surface area contributed by atoms with E-state index in [0.29, 0.717) is 0 Å². The predicted molar refractivity (Wildman–Crippen MR) is 42.3 cm³/mol. The van der Waals surface area contributed by atoms with Crippen LogP contribution in [0.25, 0.3) is 0 Å². The molecule has 12 heavy (non-hydrogen) atoms. The maximum Gasteiger partial charge on any atom is 0.0967 e. The monoisotopic (exact) mass is 168 g/mol. The highest BCUT2D eigenvalue weighted by Crippen LogP contribution is 2.10. The molecule has 0 atom stereocenters. The van der Waals surface area contributed by atoms with Crippen LogP contribution in [0, 0.1) is 0 Å². The Balaban J connectivity index is 1.88. The highest BCUT2D eigenvalue weighted by atomic mass is 16.3. The third-order valence-electron chi connectivity index (χ3n) is 1.97. The summed E-state index contributed by atoms with van der Waals surface area (Å²) in [5, 5.41) is 16.8. The number of hydrogen-bond donors (Lipinski definition) is 1. The highest BCUT2D eigenvalue weighted by Gasteiger charge is 2.24. The maximum atomic E-state index is 9.02. The molecule has 5 heteroatoms. The van der Waals surface area contributed by atoms with Gasteiger partial charge in [0.15, 0.2) is 0 Å². The van der Waals surface area contributed by atoms with Crippen molar-refractivity contribution in [2.75, 3.05) is 13.1 Å². The summed E-state index contributed by atoms with van der Waals surface area (Å²) >= 11 is 0. The Hall–Kier alpha value is -0.940. The molecule has 1 fully saturated rings. The van der Waals surface area contributed by atoms with Crippen LogP contribution >= 0.6 is 0 Å². The zero-order chi connectivity index (χ0) is 8.55. The molecule has 2 heterocycles. The first kappa shape index (κ1) is 7.70. The Labute approximate surface area is 70.6 Å². The smallest absolute Gasteiger partial charge is 0.0967 e. The minimum atomic E-state index is -0.137. The van der Waals surface area contributed by atoms with Gasteiger partial charge in [-0.05, 0) is 0 Å². The lowest BCUT2D eigenvalue weighted by Gasteiger charge is -2.34. The van der Waals surface area contributed by atoms with E-state index in [1.807, 2.05) is 13.2 Å². The van der Waals surface area contributed by atoms with Crippen molar-refractivity contribution in [2.45, 2.75) is 12.6 Å². The predicted octanol–water partition coefficient (Wildman–Crippen LogP) is -1.01. The Morgan fingerprint density at radius 2 is 2.42 bits per heavy atom. The van der Waals surface area contributed by atoms with Crippen molar-refractivity contribution in [3.8, 4) is 0 Å². The average molecular weight is 168 g/mol. The Bertz CT molecular complexity index is 266. The molecule has 0 unspecified atom stereocenters. The van der Waals surface area contributed by atoms with E-state index in [4.69, 9.17) is 5.11 Å². The molecule has 1 saturated heterocycles. The fourth-order valence-electron chi connectivity index (χ4n) is 1.37. The van der Waals surface area contributed by atoms with Crippen molar-refractivity contribution in [3.63, 3.8) is 0 Å². The van der Waals surface area contributed by atoms with E-state index in [1.165, 1.54) is 0 Å². The summed E-state index contributed by atoms with van der Waals surface area (Å²) < 4.78 is 1.69. The van der Waals surface area contributed by atoms with Crippen molar-refractivity contribution < 1.29 is 5.11 Å². The molecule has 66 valence electrons. The van der Waals surface area contributed by atoms with E-state index in [-0.39, 0.29) is 6.10 Å². The van der Waals surface area contributed by atoms with Crippen LogP contribution in [0.4, 0.5) is 0 Å². The van der Waals surface area contributed by atoms with Gasteiger partial charge in [-0.2, -0.15) is 0 Å². The van der Waals surface area contributed by atoms with Crippen LogP contribution in [0.2, 0.25) is 0 Å². The molecule has 2 rings (SSSR count). The fraction of sp³-hybridized carbons (Fsp3) is 0.714. The molecule has 1 aromatic rings. The number of hydrogen-bond acceptors (Lipinski definition) is 4. The van der Waals surface area contributed by atoms with Gasteiger partial charge in [0.25, 0.3) is 0 Å². The molecule has 1 aliphatic rings. The van der Waals surface area contributed by atoms with Crippen LogP contribution in [0.15, 0.2) is 6.20 Å². The summed E-state index contributed by atoms with van der Waals surface area (Å²) in [5.41, 5.74) is 0.962. The first-order valence-electron chi connectivity index (χ1n) is 3.99.